The van der Waals surface area contributed by atoms with Gasteiger partial charge in [-0.1, -0.05) is 19.8 Å². The number of cyclic esters (lactones) is 1. The zero-order valence-corrected chi connectivity index (χ0v) is 9.12. The van der Waals surface area contributed by atoms with Crippen LogP contribution in [0, 0.1) is 0 Å². The molecular weight excluding hydrogens is 196 g/mol. The standard InChI is InChI=1S/C11H16O4/c1-3-4-5-6-8(12)11-9(15-11)7(2)14-10(11)13/h7,9H,3-6H2,1-2H3/t7-,9-,11-/m0/s1. The third-order valence-electron chi connectivity index (χ3n) is 3.10. The van der Waals surface area contributed by atoms with Crippen molar-refractivity contribution >= 4 is 11.8 Å². The average molecular weight is 212 g/mol. The van der Waals surface area contributed by atoms with Gasteiger partial charge in [0.15, 0.2) is 5.78 Å². The SMILES string of the molecule is CCCCCC(=O)[C@]12O[C@H]1[C@H](C)OC2=O. The van der Waals surface area contributed by atoms with Gasteiger partial charge in [-0.25, -0.2) is 4.79 Å². The summed E-state index contributed by atoms with van der Waals surface area (Å²) < 4.78 is 10.2. The fourth-order valence-electron chi connectivity index (χ4n) is 2.13. The summed E-state index contributed by atoms with van der Waals surface area (Å²) in [5.74, 6) is -0.586. The quantitative estimate of drug-likeness (QED) is 0.297. The Balaban J connectivity index is 1.94. The fourth-order valence-corrected chi connectivity index (χ4v) is 2.13. The van der Waals surface area contributed by atoms with Gasteiger partial charge in [0.2, 0.25) is 0 Å². The van der Waals surface area contributed by atoms with Gasteiger partial charge in [0.05, 0.1) is 0 Å². The van der Waals surface area contributed by atoms with Crippen LogP contribution < -0.4 is 0 Å². The Hall–Kier alpha value is -0.900. The van der Waals surface area contributed by atoms with Crippen molar-refractivity contribution in [3.8, 4) is 0 Å². The predicted octanol–water partition coefficient (Wildman–Crippen LogP) is 1.22. The largest absolute Gasteiger partial charge is 0.457 e. The first kappa shape index (κ1) is 10.6. The third kappa shape index (κ3) is 1.47. The molecule has 2 saturated heterocycles. The number of carbonyl (C=O) groups excluding carboxylic acids is 2. The first-order valence-electron chi connectivity index (χ1n) is 5.55. The second-order valence-electron chi connectivity index (χ2n) is 4.26. The molecule has 0 aliphatic carbocycles. The molecule has 0 spiro atoms. The van der Waals surface area contributed by atoms with E-state index in [2.05, 4.69) is 6.92 Å². The van der Waals surface area contributed by atoms with Crippen LogP contribution in [0.3, 0.4) is 0 Å². The number of carbonyl (C=O) groups is 2. The first-order valence-corrected chi connectivity index (χ1v) is 5.55. The number of unbranched alkanes of at least 4 members (excludes halogenated alkanes) is 2. The summed E-state index contributed by atoms with van der Waals surface area (Å²) in [7, 11) is 0. The first-order chi connectivity index (χ1) is 7.13. The highest BCUT2D eigenvalue weighted by Crippen LogP contribution is 2.48. The second kappa shape index (κ2) is 3.59. The van der Waals surface area contributed by atoms with E-state index in [1.54, 1.807) is 6.92 Å². The Morgan fingerprint density at radius 3 is 2.67 bits per heavy atom. The molecule has 0 bridgehead atoms. The number of hydrogen-bond donors (Lipinski definition) is 0. The molecule has 4 nitrogen and oxygen atoms in total. The molecule has 2 heterocycles. The Bertz CT molecular complexity index is 299. The van der Waals surface area contributed by atoms with E-state index in [1.807, 2.05) is 0 Å². The van der Waals surface area contributed by atoms with Gasteiger partial charge in [-0.3, -0.25) is 4.79 Å². The molecule has 2 aliphatic heterocycles. The molecular formula is C11H16O4. The lowest BCUT2D eigenvalue weighted by Gasteiger charge is -2.06. The van der Waals surface area contributed by atoms with Crippen LogP contribution in [0.2, 0.25) is 0 Å². The molecule has 2 aliphatic rings. The van der Waals surface area contributed by atoms with Gasteiger partial charge in [0.1, 0.15) is 12.2 Å². The van der Waals surface area contributed by atoms with Gasteiger partial charge < -0.3 is 9.47 Å². The Morgan fingerprint density at radius 2 is 2.20 bits per heavy atom. The number of fused-ring (bicyclic) bond motifs is 1. The van der Waals surface area contributed by atoms with Crippen LogP contribution in [-0.2, 0) is 19.1 Å². The second-order valence-corrected chi connectivity index (χ2v) is 4.26. The predicted molar refractivity (Wildman–Crippen MR) is 52.3 cm³/mol. The number of hydrogen-bond acceptors (Lipinski definition) is 4. The van der Waals surface area contributed by atoms with Crippen LogP contribution in [0.5, 0.6) is 0 Å². The molecule has 15 heavy (non-hydrogen) atoms. The molecule has 84 valence electrons. The summed E-state index contributed by atoms with van der Waals surface area (Å²) in [6.45, 7) is 3.84. The molecule has 0 amide bonds. The third-order valence-corrected chi connectivity index (χ3v) is 3.10. The minimum atomic E-state index is -1.20. The highest BCUT2D eigenvalue weighted by Gasteiger charge is 2.75. The monoisotopic (exact) mass is 212 g/mol. The van der Waals surface area contributed by atoms with Crippen molar-refractivity contribution in [2.45, 2.75) is 57.3 Å². The number of rotatable bonds is 5. The van der Waals surface area contributed by atoms with Crippen LogP contribution in [0.15, 0.2) is 0 Å². The molecule has 0 saturated carbocycles. The minimum absolute atomic E-state index is 0.102. The van der Waals surface area contributed by atoms with E-state index in [4.69, 9.17) is 9.47 Å². The van der Waals surface area contributed by atoms with Crippen LogP contribution in [0.25, 0.3) is 0 Å². The van der Waals surface area contributed by atoms with Gasteiger partial charge >= 0.3 is 5.97 Å². The van der Waals surface area contributed by atoms with Gasteiger partial charge in [-0.05, 0) is 13.3 Å². The van der Waals surface area contributed by atoms with Crippen LogP contribution in [0.4, 0.5) is 0 Å². The maximum Gasteiger partial charge on any atom is 0.349 e. The van der Waals surface area contributed by atoms with Crippen LogP contribution >= 0.6 is 0 Å². The lowest BCUT2D eigenvalue weighted by atomic mass is 9.96. The van der Waals surface area contributed by atoms with E-state index < -0.39 is 11.6 Å². The van der Waals surface area contributed by atoms with E-state index in [1.165, 1.54) is 0 Å². The zero-order chi connectivity index (χ0) is 11.1. The number of epoxide rings is 1. The summed E-state index contributed by atoms with van der Waals surface area (Å²) in [6, 6.07) is 0. The minimum Gasteiger partial charge on any atom is -0.457 e. The maximum absolute atomic E-state index is 11.8. The zero-order valence-electron chi connectivity index (χ0n) is 9.12. The molecule has 2 rings (SSSR count). The van der Waals surface area contributed by atoms with Gasteiger partial charge in [0.25, 0.3) is 5.60 Å². The van der Waals surface area contributed by atoms with Crippen molar-refractivity contribution in [2.24, 2.45) is 0 Å². The summed E-state index contributed by atoms with van der Waals surface area (Å²) in [6.07, 6.45) is 2.73. The number of esters is 1. The highest BCUT2D eigenvalue weighted by atomic mass is 16.7. The lowest BCUT2D eigenvalue weighted by molar-refractivity contribution is -0.155. The molecule has 4 heteroatoms. The van der Waals surface area contributed by atoms with E-state index in [0.29, 0.717) is 6.42 Å². The van der Waals surface area contributed by atoms with E-state index in [0.717, 1.165) is 19.3 Å². The molecule has 0 aromatic heterocycles. The van der Waals surface area contributed by atoms with E-state index >= 15 is 0 Å². The number of Topliss-reactive ketones (excluding diaryl/α,β-unsaturated/α-hetero) is 1. The Kier molecular flexibility index (Phi) is 2.54. The van der Waals surface area contributed by atoms with Gasteiger partial charge in [-0.15, -0.1) is 0 Å². The summed E-state index contributed by atoms with van der Waals surface area (Å²) in [5.41, 5.74) is -1.20. The maximum atomic E-state index is 11.8. The average Bonchev–Trinajstić information content (AvgIpc) is 2.89. The molecule has 0 aromatic rings. The number of ketones is 1. The van der Waals surface area contributed by atoms with Crippen molar-refractivity contribution < 1.29 is 19.1 Å². The van der Waals surface area contributed by atoms with Crippen LogP contribution in [-0.4, -0.2) is 29.6 Å². The topological polar surface area (TPSA) is 55.9 Å². The smallest absolute Gasteiger partial charge is 0.349 e. The number of ether oxygens (including phenoxy) is 2. The van der Waals surface area contributed by atoms with Crippen molar-refractivity contribution in [3.63, 3.8) is 0 Å². The fraction of sp³-hybridized carbons (Fsp3) is 0.818. The van der Waals surface area contributed by atoms with Gasteiger partial charge in [-0.2, -0.15) is 0 Å². The van der Waals surface area contributed by atoms with Crippen molar-refractivity contribution in [2.75, 3.05) is 0 Å². The van der Waals surface area contributed by atoms with E-state index in [9.17, 15) is 9.59 Å². The van der Waals surface area contributed by atoms with Crippen molar-refractivity contribution in [3.05, 3.63) is 0 Å². The van der Waals surface area contributed by atoms with Crippen LogP contribution in [0.1, 0.15) is 39.5 Å². The Labute approximate surface area is 88.9 Å². The molecule has 0 N–H and O–H groups in total. The van der Waals surface area contributed by atoms with Gasteiger partial charge in [0, 0.05) is 6.42 Å². The van der Waals surface area contributed by atoms with Crippen molar-refractivity contribution in [1.82, 2.24) is 0 Å². The molecule has 0 radical (unpaired) electrons. The molecule has 0 unspecified atom stereocenters. The van der Waals surface area contributed by atoms with Crippen molar-refractivity contribution in [1.29, 1.82) is 0 Å². The molecule has 3 atom stereocenters. The Morgan fingerprint density at radius 1 is 1.47 bits per heavy atom. The summed E-state index contributed by atoms with van der Waals surface area (Å²) in [4.78, 5) is 23.3. The summed E-state index contributed by atoms with van der Waals surface area (Å²) >= 11 is 0. The van der Waals surface area contributed by atoms with E-state index in [-0.39, 0.29) is 18.0 Å². The molecule has 2 fully saturated rings. The normalized spacial score (nSPS) is 37.3. The summed E-state index contributed by atoms with van der Waals surface area (Å²) in [5, 5.41) is 0. The lowest BCUT2D eigenvalue weighted by Crippen LogP contribution is -2.32. The highest BCUT2D eigenvalue weighted by molar-refractivity contribution is 6.12. The molecule has 0 aromatic carbocycles.